The Morgan fingerprint density at radius 3 is 2.17 bits per heavy atom. The van der Waals surface area contributed by atoms with Gasteiger partial charge in [0.2, 0.25) is 0 Å². The number of aromatic nitrogens is 1. The van der Waals surface area contributed by atoms with E-state index in [0.29, 0.717) is 0 Å². The van der Waals surface area contributed by atoms with Crippen LogP contribution in [0.25, 0.3) is 0 Å². The molecule has 68 valence electrons. The Hall–Kier alpha value is -0.490. The second-order valence-corrected chi connectivity index (χ2v) is 3.02. The van der Waals surface area contributed by atoms with Crippen molar-refractivity contribution in [2.75, 3.05) is 0 Å². The number of aryl methyl sites for hydroxylation is 2. The average Bonchev–Trinajstić information content (AvgIpc) is 1.84. The quantitative estimate of drug-likeness (QED) is 0.611. The van der Waals surface area contributed by atoms with Gasteiger partial charge in [0.05, 0.1) is 0 Å². The van der Waals surface area contributed by atoms with Gasteiger partial charge in [0, 0.05) is 11.9 Å². The van der Waals surface area contributed by atoms with Crippen LogP contribution in [0, 0.1) is 28.7 Å². The Balaban J connectivity index is 0.000000261. The number of hydrogen-bond donors (Lipinski definition) is 1. The van der Waals surface area contributed by atoms with E-state index in [1.54, 1.807) is 0 Å². The Morgan fingerprint density at radius 2 is 1.92 bits per heavy atom. The van der Waals surface area contributed by atoms with E-state index >= 15 is 0 Å². The second-order valence-electron chi connectivity index (χ2n) is 2.18. The first-order chi connectivity index (χ1) is 5.52. The maximum Gasteiger partial charge on any atom is 0.433 e. The summed E-state index contributed by atoms with van der Waals surface area (Å²) < 4.78 is 24.3. The summed E-state index contributed by atoms with van der Waals surface area (Å²) in [5.74, 6) is 0. The number of rotatable bonds is 0. The van der Waals surface area contributed by atoms with Crippen molar-refractivity contribution in [2.45, 2.75) is 13.8 Å². The summed E-state index contributed by atoms with van der Waals surface area (Å²) in [6.07, 6.45) is 1.82. The lowest BCUT2D eigenvalue weighted by Crippen LogP contribution is -2.30. The summed E-state index contributed by atoms with van der Waals surface area (Å²) in [5.41, 5.74) is 2.36. The van der Waals surface area contributed by atoms with E-state index in [0.717, 1.165) is 5.69 Å². The molecule has 4 nitrogen and oxygen atoms in total. The van der Waals surface area contributed by atoms with E-state index in [2.05, 4.69) is 18.0 Å². The van der Waals surface area contributed by atoms with E-state index in [-0.39, 0.29) is 0 Å². The Bertz CT molecular complexity index is 210. The van der Waals surface area contributed by atoms with Crippen molar-refractivity contribution in [3.05, 3.63) is 29.6 Å². The van der Waals surface area contributed by atoms with Crippen molar-refractivity contribution in [1.29, 1.82) is 0 Å². The number of pyridine rings is 1. The molecule has 0 atom stereocenters. The molecule has 1 rings (SSSR count). The molecule has 0 aliphatic rings. The first-order valence-electron chi connectivity index (χ1n) is 3.16. The lowest BCUT2D eigenvalue weighted by molar-refractivity contribution is -1.63. The van der Waals surface area contributed by atoms with Gasteiger partial charge in [-0.05, 0) is 35.7 Å². The van der Waals surface area contributed by atoms with Crippen molar-refractivity contribution in [3.8, 4) is 0 Å². The molecular formula is C7H10BrNO3. The highest BCUT2D eigenvalue weighted by Crippen LogP contribution is 1.95. The summed E-state index contributed by atoms with van der Waals surface area (Å²) in [7, 11) is 0. The maximum absolute atomic E-state index is 8.63. The molecule has 0 unspecified atom stereocenters. The monoisotopic (exact) mass is 235 g/mol. The van der Waals surface area contributed by atoms with Gasteiger partial charge in [-0.1, -0.05) is 0 Å². The predicted molar refractivity (Wildman–Crippen MR) is 35.9 cm³/mol. The smallest absolute Gasteiger partial charge is 0.372 e. The van der Waals surface area contributed by atoms with E-state index < -0.39 is 14.8 Å². The zero-order valence-corrected chi connectivity index (χ0v) is 8.41. The van der Waals surface area contributed by atoms with Gasteiger partial charge in [-0.3, -0.25) is 4.98 Å². The van der Waals surface area contributed by atoms with Crippen LogP contribution < -0.4 is 8.40 Å². The summed E-state index contributed by atoms with van der Waals surface area (Å²) >= 11 is -3.40. The largest absolute Gasteiger partial charge is 0.433 e. The van der Waals surface area contributed by atoms with Crippen LogP contribution in [0.1, 0.15) is 11.3 Å². The van der Waals surface area contributed by atoms with Gasteiger partial charge in [-0.25, -0.2) is 0 Å². The molecule has 1 aromatic heterocycles. The molecule has 0 saturated carbocycles. The fraction of sp³-hybridized carbons (Fsp3) is 0.286. The van der Waals surface area contributed by atoms with Gasteiger partial charge in [-0.15, -0.1) is 0 Å². The fourth-order valence-corrected chi connectivity index (χ4v) is 0.687. The molecule has 12 heavy (non-hydrogen) atoms. The van der Waals surface area contributed by atoms with E-state index in [1.165, 1.54) is 5.56 Å². The molecule has 1 aromatic rings. The Kier molecular flexibility index (Phi) is 5.83. The number of hydrogen-bond acceptors (Lipinski definition) is 4. The molecule has 0 aromatic carbocycles. The lowest BCUT2D eigenvalue weighted by atomic mass is 10.3. The Morgan fingerprint density at radius 1 is 1.42 bits per heavy atom. The molecule has 0 spiro atoms. The van der Waals surface area contributed by atoms with E-state index in [4.69, 9.17) is 12.6 Å². The third-order valence-electron chi connectivity index (χ3n) is 1.05. The summed E-state index contributed by atoms with van der Waals surface area (Å²) in [5, 5.41) is 0. The standard InChI is InChI=1S/C7H9N.BrHO3/c1-6-3-4-8-7(2)5-6;2-1(3)4/h3-5H,1-2H3;2H. The predicted octanol–water partition coefficient (Wildman–Crippen LogP) is -1.24. The van der Waals surface area contributed by atoms with Crippen LogP contribution in [0.2, 0.25) is 0 Å². The van der Waals surface area contributed by atoms with Crippen LogP contribution in [-0.4, -0.2) is 9.18 Å². The van der Waals surface area contributed by atoms with Crippen molar-refractivity contribution in [3.63, 3.8) is 0 Å². The third-order valence-corrected chi connectivity index (χ3v) is 1.05. The minimum atomic E-state index is -3.40. The zero-order valence-electron chi connectivity index (χ0n) is 6.82. The highest BCUT2D eigenvalue weighted by molar-refractivity contribution is 5.12. The SMILES string of the molecule is Cc1ccnc(C)c1.[O-][Br+2]([O-])O. The lowest BCUT2D eigenvalue weighted by Gasteiger charge is -1.90. The first kappa shape index (κ1) is 11.5. The summed E-state index contributed by atoms with van der Waals surface area (Å²) in [6.45, 7) is 4.06. The third kappa shape index (κ3) is 7.62. The van der Waals surface area contributed by atoms with Gasteiger partial charge in [0.1, 0.15) is 0 Å². The van der Waals surface area contributed by atoms with Crippen LogP contribution in [0.15, 0.2) is 18.3 Å². The van der Waals surface area contributed by atoms with E-state index in [9.17, 15) is 0 Å². The van der Waals surface area contributed by atoms with Crippen LogP contribution in [0.5, 0.6) is 0 Å². The van der Waals surface area contributed by atoms with Gasteiger partial charge < -0.3 is 8.40 Å². The molecule has 5 heteroatoms. The van der Waals surface area contributed by atoms with Crippen molar-refractivity contribution in [1.82, 2.24) is 4.98 Å². The highest BCUT2D eigenvalue weighted by Gasteiger charge is 1.86. The van der Waals surface area contributed by atoms with Crippen molar-refractivity contribution >= 4 is 0 Å². The first-order valence-corrected chi connectivity index (χ1v) is 5.16. The van der Waals surface area contributed by atoms with Gasteiger partial charge in [0.15, 0.2) is 0 Å². The van der Waals surface area contributed by atoms with E-state index in [1.807, 2.05) is 19.2 Å². The highest BCUT2D eigenvalue weighted by atomic mass is 80.0. The molecule has 0 radical (unpaired) electrons. The average molecular weight is 236 g/mol. The second kappa shape index (κ2) is 6.07. The molecule has 0 aliphatic heterocycles. The topological polar surface area (TPSA) is 79.2 Å². The van der Waals surface area contributed by atoms with Gasteiger partial charge in [0.25, 0.3) is 0 Å². The minimum absolute atomic E-state index is 1.09. The van der Waals surface area contributed by atoms with Crippen LogP contribution >= 0.6 is 0 Å². The van der Waals surface area contributed by atoms with Crippen LogP contribution in [0.3, 0.4) is 0 Å². The maximum atomic E-state index is 8.63. The molecule has 0 amide bonds. The summed E-state index contributed by atoms with van der Waals surface area (Å²) in [6, 6.07) is 4.05. The van der Waals surface area contributed by atoms with Crippen LogP contribution in [0.4, 0.5) is 0 Å². The Labute approximate surface area is 76.3 Å². The normalized spacial score (nSPS) is 9.17. The van der Waals surface area contributed by atoms with Gasteiger partial charge in [-0.2, -0.15) is 0 Å². The van der Waals surface area contributed by atoms with Crippen molar-refractivity contribution < 1.29 is 27.4 Å². The zero-order chi connectivity index (χ0) is 9.56. The molecule has 0 fully saturated rings. The number of nitrogens with zero attached hydrogens (tertiary/aromatic N) is 1. The van der Waals surface area contributed by atoms with Crippen LogP contribution in [-0.2, 0) is 0 Å². The minimum Gasteiger partial charge on any atom is -0.372 e. The van der Waals surface area contributed by atoms with Crippen molar-refractivity contribution in [2.24, 2.45) is 0 Å². The molecule has 0 aliphatic carbocycles. The number of halogens is 1. The fourth-order valence-electron chi connectivity index (χ4n) is 0.687. The van der Waals surface area contributed by atoms with Gasteiger partial charge >= 0.3 is 14.8 Å². The molecular weight excluding hydrogens is 226 g/mol. The molecule has 0 saturated heterocycles. The molecule has 0 bridgehead atoms. The summed E-state index contributed by atoms with van der Waals surface area (Å²) in [4.78, 5) is 4.04. The molecule has 1 heterocycles. The molecule has 1 N–H and O–H groups in total.